The van der Waals surface area contributed by atoms with Crippen molar-refractivity contribution < 1.29 is 19.5 Å². The van der Waals surface area contributed by atoms with E-state index in [-0.39, 0.29) is 6.42 Å². The van der Waals surface area contributed by atoms with E-state index < -0.39 is 30.2 Å². The minimum Gasteiger partial charge on any atom is -0.480 e. The summed E-state index contributed by atoms with van der Waals surface area (Å²) in [5.41, 5.74) is 1.73. The number of nitrogens with zero attached hydrogens (tertiary/aromatic N) is 1. The number of likely N-dealkylation sites (tertiary alicyclic amines) is 1. The number of hydrogen-bond acceptors (Lipinski definition) is 3. The van der Waals surface area contributed by atoms with Gasteiger partial charge in [-0.05, 0) is 18.1 Å². The maximum Gasteiger partial charge on any atom is 0.323 e. The number of imide groups is 1. The molecule has 5 nitrogen and oxygen atoms in total. The largest absolute Gasteiger partial charge is 0.480 e. The lowest BCUT2D eigenvalue weighted by Crippen LogP contribution is -2.35. The fraction of sp³-hybridized carbons (Fsp3) is 0.308. The van der Waals surface area contributed by atoms with E-state index >= 15 is 0 Å². The van der Waals surface area contributed by atoms with E-state index in [4.69, 9.17) is 5.11 Å². The Hall–Kier alpha value is -2.17. The van der Waals surface area contributed by atoms with Crippen molar-refractivity contribution in [2.45, 2.75) is 19.3 Å². The molecule has 2 rings (SSSR count). The van der Waals surface area contributed by atoms with Crippen molar-refractivity contribution in [3.05, 3.63) is 35.4 Å². The molecule has 94 valence electrons. The minimum absolute atomic E-state index is 0.0525. The average molecular weight is 247 g/mol. The zero-order valence-corrected chi connectivity index (χ0v) is 9.92. The third-order valence-corrected chi connectivity index (χ3v) is 3.10. The van der Waals surface area contributed by atoms with Gasteiger partial charge in [-0.3, -0.25) is 19.3 Å². The highest BCUT2D eigenvalue weighted by Gasteiger charge is 2.40. The van der Waals surface area contributed by atoms with Gasteiger partial charge in [0.2, 0.25) is 11.8 Å². The summed E-state index contributed by atoms with van der Waals surface area (Å²) in [6.07, 6.45) is 0.0525. The van der Waals surface area contributed by atoms with Gasteiger partial charge in [0, 0.05) is 6.42 Å². The van der Waals surface area contributed by atoms with Crippen LogP contribution in [0.1, 0.15) is 23.5 Å². The quantitative estimate of drug-likeness (QED) is 0.806. The SMILES string of the molecule is Cc1ccccc1C1CC(=O)N(CC(=O)O)C1=O. The van der Waals surface area contributed by atoms with Crippen LogP contribution in [0.5, 0.6) is 0 Å². The van der Waals surface area contributed by atoms with Gasteiger partial charge in [-0.25, -0.2) is 0 Å². The van der Waals surface area contributed by atoms with Crippen molar-refractivity contribution in [3.8, 4) is 0 Å². The number of hydrogen-bond donors (Lipinski definition) is 1. The van der Waals surface area contributed by atoms with E-state index in [1.807, 2.05) is 19.1 Å². The average Bonchev–Trinajstić information content (AvgIpc) is 2.57. The zero-order chi connectivity index (χ0) is 13.3. The Labute approximate surface area is 104 Å². The monoisotopic (exact) mass is 247 g/mol. The summed E-state index contributed by atoms with van der Waals surface area (Å²) >= 11 is 0. The van der Waals surface area contributed by atoms with Crippen LogP contribution in [0.3, 0.4) is 0 Å². The standard InChI is InChI=1S/C13H13NO4/c1-8-4-2-3-5-9(8)10-6-11(15)14(13(10)18)7-12(16)17/h2-5,10H,6-7H2,1H3,(H,16,17). The summed E-state index contributed by atoms with van der Waals surface area (Å²) in [6.45, 7) is 1.31. The van der Waals surface area contributed by atoms with Gasteiger partial charge in [0.15, 0.2) is 0 Å². The fourth-order valence-electron chi connectivity index (χ4n) is 2.21. The second kappa shape index (κ2) is 4.60. The van der Waals surface area contributed by atoms with Gasteiger partial charge in [-0.15, -0.1) is 0 Å². The topological polar surface area (TPSA) is 74.7 Å². The van der Waals surface area contributed by atoms with Crippen molar-refractivity contribution >= 4 is 17.8 Å². The van der Waals surface area contributed by atoms with E-state index in [0.29, 0.717) is 0 Å². The van der Waals surface area contributed by atoms with Gasteiger partial charge in [0.05, 0.1) is 5.92 Å². The number of rotatable bonds is 3. The van der Waals surface area contributed by atoms with Crippen LogP contribution in [0.15, 0.2) is 24.3 Å². The van der Waals surface area contributed by atoms with Crippen LogP contribution in [-0.2, 0) is 14.4 Å². The summed E-state index contributed by atoms with van der Waals surface area (Å²) in [6, 6.07) is 7.33. The molecule has 1 saturated heterocycles. The predicted molar refractivity (Wildman–Crippen MR) is 62.9 cm³/mol. The molecule has 5 heteroatoms. The second-order valence-corrected chi connectivity index (χ2v) is 4.33. The first-order valence-electron chi connectivity index (χ1n) is 5.62. The van der Waals surface area contributed by atoms with Crippen LogP contribution in [-0.4, -0.2) is 34.3 Å². The lowest BCUT2D eigenvalue weighted by molar-refractivity contribution is -0.148. The van der Waals surface area contributed by atoms with E-state index in [2.05, 4.69) is 0 Å². The molecule has 1 aromatic carbocycles. The van der Waals surface area contributed by atoms with Crippen LogP contribution in [0, 0.1) is 6.92 Å². The molecule has 2 amide bonds. The summed E-state index contributed by atoms with van der Waals surface area (Å²) in [4.78, 5) is 35.1. The van der Waals surface area contributed by atoms with Gasteiger partial charge in [0.1, 0.15) is 6.54 Å². The number of amides is 2. The molecule has 1 N–H and O–H groups in total. The molecule has 1 fully saturated rings. The van der Waals surface area contributed by atoms with Crippen molar-refractivity contribution in [2.24, 2.45) is 0 Å². The van der Waals surface area contributed by atoms with Crippen LogP contribution in [0.2, 0.25) is 0 Å². The van der Waals surface area contributed by atoms with Crippen molar-refractivity contribution in [1.82, 2.24) is 4.90 Å². The lowest BCUT2D eigenvalue weighted by atomic mass is 9.93. The summed E-state index contributed by atoms with van der Waals surface area (Å²) in [7, 11) is 0. The molecule has 1 heterocycles. The Kier molecular flexibility index (Phi) is 3.14. The van der Waals surface area contributed by atoms with E-state index in [1.54, 1.807) is 12.1 Å². The van der Waals surface area contributed by atoms with Crippen LogP contribution in [0.4, 0.5) is 0 Å². The molecule has 0 aliphatic carbocycles. The number of carboxylic acids is 1. The number of benzene rings is 1. The molecule has 18 heavy (non-hydrogen) atoms. The number of carbonyl (C=O) groups excluding carboxylic acids is 2. The normalized spacial score (nSPS) is 19.4. The number of carbonyl (C=O) groups is 3. The van der Waals surface area contributed by atoms with E-state index in [0.717, 1.165) is 16.0 Å². The van der Waals surface area contributed by atoms with Gasteiger partial charge >= 0.3 is 5.97 Å². The van der Waals surface area contributed by atoms with Crippen LogP contribution >= 0.6 is 0 Å². The summed E-state index contributed by atoms with van der Waals surface area (Å²) in [5, 5.41) is 8.67. The molecule has 0 bridgehead atoms. The van der Waals surface area contributed by atoms with Gasteiger partial charge in [0.25, 0.3) is 0 Å². The molecule has 0 spiro atoms. The Balaban J connectivity index is 2.28. The molecule has 1 atom stereocenters. The third kappa shape index (κ3) is 2.11. The summed E-state index contributed by atoms with van der Waals surface area (Å²) in [5.74, 6) is -2.56. The van der Waals surface area contributed by atoms with Gasteiger partial charge in [-0.2, -0.15) is 0 Å². The van der Waals surface area contributed by atoms with E-state index in [9.17, 15) is 14.4 Å². The molecule has 0 saturated carbocycles. The van der Waals surface area contributed by atoms with Crippen LogP contribution < -0.4 is 0 Å². The Bertz CT molecular complexity index is 523. The maximum atomic E-state index is 12.0. The fourth-order valence-corrected chi connectivity index (χ4v) is 2.21. The highest BCUT2D eigenvalue weighted by Crippen LogP contribution is 2.31. The molecule has 1 aromatic rings. The first-order chi connectivity index (χ1) is 8.50. The highest BCUT2D eigenvalue weighted by atomic mass is 16.4. The molecule has 0 radical (unpaired) electrons. The molecule has 1 aliphatic rings. The third-order valence-electron chi connectivity index (χ3n) is 3.10. The molecular formula is C13H13NO4. The molecule has 0 aromatic heterocycles. The second-order valence-electron chi connectivity index (χ2n) is 4.33. The van der Waals surface area contributed by atoms with Gasteiger partial charge in [-0.1, -0.05) is 24.3 Å². The van der Waals surface area contributed by atoms with Crippen molar-refractivity contribution in [1.29, 1.82) is 0 Å². The first kappa shape index (κ1) is 12.3. The number of aliphatic carboxylic acids is 1. The molecular weight excluding hydrogens is 234 g/mol. The van der Waals surface area contributed by atoms with Crippen LogP contribution in [0.25, 0.3) is 0 Å². The number of aryl methyl sites for hydroxylation is 1. The Morgan fingerprint density at radius 2 is 2.06 bits per heavy atom. The smallest absolute Gasteiger partial charge is 0.323 e. The van der Waals surface area contributed by atoms with Gasteiger partial charge < -0.3 is 5.11 Å². The Morgan fingerprint density at radius 1 is 1.39 bits per heavy atom. The highest BCUT2D eigenvalue weighted by molar-refractivity contribution is 6.07. The van der Waals surface area contributed by atoms with Crippen molar-refractivity contribution in [3.63, 3.8) is 0 Å². The summed E-state index contributed by atoms with van der Waals surface area (Å²) < 4.78 is 0. The van der Waals surface area contributed by atoms with Crippen molar-refractivity contribution in [2.75, 3.05) is 6.54 Å². The number of carboxylic acid groups (broad SMARTS) is 1. The maximum absolute atomic E-state index is 12.0. The molecule has 1 aliphatic heterocycles. The first-order valence-corrected chi connectivity index (χ1v) is 5.62. The van der Waals surface area contributed by atoms with E-state index in [1.165, 1.54) is 0 Å². The Morgan fingerprint density at radius 3 is 2.67 bits per heavy atom. The predicted octanol–water partition coefficient (Wildman–Crippen LogP) is 0.922. The zero-order valence-electron chi connectivity index (χ0n) is 9.92. The minimum atomic E-state index is -1.18. The lowest BCUT2D eigenvalue weighted by Gasteiger charge is -2.13. The molecule has 1 unspecified atom stereocenters.